The molecule has 0 bridgehead atoms. The second-order valence-corrected chi connectivity index (χ2v) is 8.49. The van der Waals surface area contributed by atoms with Crippen molar-refractivity contribution < 1.29 is 20.4 Å². The molecule has 4 nitrogen and oxygen atoms in total. The van der Waals surface area contributed by atoms with Gasteiger partial charge in [0.05, 0.1) is 12.2 Å². The van der Waals surface area contributed by atoms with Crippen LogP contribution in [-0.4, -0.2) is 32.6 Å². The Labute approximate surface area is 150 Å². The van der Waals surface area contributed by atoms with E-state index in [0.29, 0.717) is 23.7 Å². The number of phenols is 2. The van der Waals surface area contributed by atoms with E-state index in [0.717, 1.165) is 44.1 Å². The average Bonchev–Trinajstić information content (AvgIpc) is 2.54. The van der Waals surface area contributed by atoms with Crippen molar-refractivity contribution in [3.05, 3.63) is 23.8 Å². The number of aliphatic hydroxyl groups excluding tert-OH is 2. The Kier molecular flexibility index (Phi) is 5.59. The third-order valence-corrected chi connectivity index (χ3v) is 6.72. The first-order valence-corrected chi connectivity index (χ1v) is 9.74. The van der Waals surface area contributed by atoms with Crippen LogP contribution in [0.5, 0.6) is 11.5 Å². The summed E-state index contributed by atoms with van der Waals surface area (Å²) in [6, 6.07) is 5.24. The van der Waals surface area contributed by atoms with E-state index >= 15 is 0 Å². The molecule has 0 amide bonds. The highest BCUT2D eigenvalue weighted by Gasteiger charge is 2.41. The van der Waals surface area contributed by atoms with E-state index in [1.807, 2.05) is 6.07 Å². The first-order valence-electron chi connectivity index (χ1n) is 9.74. The SMILES string of the molecule is CC1CC(O)CCC1C(c1ccc(O)c(O)c1)C1CCC(O)CC1C. The van der Waals surface area contributed by atoms with Crippen molar-refractivity contribution in [2.45, 2.75) is 70.5 Å². The number of hydrogen-bond acceptors (Lipinski definition) is 4. The van der Waals surface area contributed by atoms with Gasteiger partial charge in [0.1, 0.15) is 0 Å². The Morgan fingerprint density at radius 2 is 1.32 bits per heavy atom. The molecule has 6 unspecified atom stereocenters. The Morgan fingerprint density at radius 3 is 1.76 bits per heavy atom. The fourth-order valence-corrected chi connectivity index (χ4v) is 5.41. The van der Waals surface area contributed by atoms with Crippen molar-refractivity contribution in [1.82, 2.24) is 0 Å². The van der Waals surface area contributed by atoms with E-state index in [-0.39, 0.29) is 29.6 Å². The Hall–Kier alpha value is -1.26. The number of phenolic OH excluding ortho intramolecular Hbond substituents is 2. The van der Waals surface area contributed by atoms with Crippen molar-refractivity contribution >= 4 is 0 Å². The van der Waals surface area contributed by atoms with Gasteiger partial charge in [-0.05, 0) is 85.8 Å². The Morgan fingerprint density at radius 1 is 0.800 bits per heavy atom. The van der Waals surface area contributed by atoms with Crippen LogP contribution in [0.2, 0.25) is 0 Å². The highest BCUT2D eigenvalue weighted by Crippen LogP contribution is 2.50. The van der Waals surface area contributed by atoms with E-state index in [2.05, 4.69) is 13.8 Å². The Balaban J connectivity index is 1.94. The fourth-order valence-electron chi connectivity index (χ4n) is 5.41. The zero-order chi connectivity index (χ0) is 18.1. The monoisotopic (exact) mass is 348 g/mol. The van der Waals surface area contributed by atoms with Crippen LogP contribution in [0.15, 0.2) is 18.2 Å². The molecule has 0 aromatic heterocycles. The molecule has 0 heterocycles. The third-order valence-electron chi connectivity index (χ3n) is 6.72. The molecule has 4 heteroatoms. The maximum absolute atomic E-state index is 10.0. The largest absolute Gasteiger partial charge is 0.504 e. The van der Waals surface area contributed by atoms with Crippen LogP contribution in [0.25, 0.3) is 0 Å². The lowest BCUT2D eigenvalue weighted by Crippen LogP contribution is -2.38. The zero-order valence-corrected chi connectivity index (χ0v) is 15.3. The maximum Gasteiger partial charge on any atom is 0.157 e. The molecule has 0 spiro atoms. The minimum absolute atomic E-state index is 0.0607. The smallest absolute Gasteiger partial charge is 0.157 e. The first kappa shape index (κ1) is 18.5. The van der Waals surface area contributed by atoms with Gasteiger partial charge >= 0.3 is 0 Å². The van der Waals surface area contributed by atoms with Crippen LogP contribution in [0, 0.1) is 23.7 Å². The van der Waals surface area contributed by atoms with Crippen molar-refractivity contribution in [3.8, 4) is 11.5 Å². The molecule has 4 N–H and O–H groups in total. The lowest BCUT2D eigenvalue weighted by Gasteiger charge is -2.45. The van der Waals surface area contributed by atoms with Crippen LogP contribution in [0.4, 0.5) is 0 Å². The van der Waals surface area contributed by atoms with Crippen LogP contribution in [0.3, 0.4) is 0 Å². The molecule has 6 atom stereocenters. The lowest BCUT2D eigenvalue weighted by molar-refractivity contribution is 0.0226. The van der Waals surface area contributed by atoms with Crippen molar-refractivity contribution in [2.75, 3.05) is 0 Å². The summed E-state index contributed by atoms with van der Waals surface area (Å²) < 4.78 is 0. The quantitative estimate of drug-likeness (QED) is 0.627. The van der Waals surface area contributed by atoms with Gasteiger partial charge in [-0.2, -0.15) is 0 Å². The predicted octanol–water partition coefficient (Wildman–Crippen LogP) is 3.78. The van der Waals surface area contributed by atoms with Crippen LogP contribution >= 0.6 is 0 Å². The summed E-state index contributed by atoms with van der Waals surface area (Å²) >= 11 is 0. The average molecular weight is 348 g/mol. The van der Waals surface area contributed by atoms with Gasteiger partial charge in [-0.1, -0.05) is 19.9 Å². The van der Waals surface area contributed by atoms with Crippen LogP contribution in [-0.2, 0) is 0 Å². The molecular weight excluding hydrogens is 316 g/mol. The molecule has 0 radical (unpaired) electrons. The molecule has 1 aromatic carbocycles. The lowest BCUT2D eigenvalue weighted by atomic mass is 9.60. The zero-order valence-electron chi connectivity index (χ0n) is 15.3. The summed E-state index contributed by atoms with van der Waals surface area (Å²) in [7, 11) is 0. The minimum Gasteiger partial charge on any atom is -0.504 e. The van der Waals surface area contributed by atoms with Gasteiger partial charge in [0.25, 0.3) is 0 Å². The molecular formula is C21H32O4. The topological polar surface area (TPSA) is 80.9 Å². The summed E-state index contributed by atoms with van der Waals surface area (Å²) in [6.07, 6.45) is 4.89. The Bertz CT molecular complexity index is 561. The maximum atomic E-state index is 10.0. The second kappa shape index (κ2) is 7.55. The molecule has 3 rings (SSSR count). The fraction of sp³-hybridized carbons (Fsp3) is 0.714. The number of rotatable bonds is 3. The molecule has 140 valence electrons. The van der Waals surface area contributed by atoms with E-state index in [1.54, 1.807) is 12.1 Å². The number of aromatic hydroxyl groups is 2. The summed E-state index contributed by atoms with van der Waals surface area (Å²) in [5, 5.41) is 39.8. The molecule has 1 aromatic rings. The standard InChI is InChI=1S/C21H32O4/c1-12-9-15(22)4-6-17(12)21(14-3-8-19(24)20(25)11-14)18-7-5-16(23)10-13(18)2/h3,8,11-13,15-18,21-25H,4-7,9-10H2,1-2H3. The van der Waals surface area contributed by atoms with Gasteiger partial charge in [0.15, 0.2) is 11.5 Å². The van der Waals surface area contributed by atoms with Gasteiger partial charge in [-0.15, -0.1) is 0 Å². The molecule has 25 heavy (non-hydrogen) atoms. The summed E-state index contributed by atoms with van der Waals surface area (Å²) in [5.74, 6) is 1.89. The van der Waals surface area contributed by atoms with Crippen molar-refractivity contribution in [1.29, 1.82) is 0 Å². The van der Waals surface area contributed by atoms with Crippen molar-refractivity contribution in [2.24, 2.45) is 23.7 Å². The van der Waals surface area contributed by atoms with Crippen LogP contribution in [0.1, 0.15) is 63.9 Å². The van der Waals surface area contributed by atoms with Gasteiger partial charge in [-0.25, -0.2) is 0 Å². The van der Waals surface area contributed by atoms with E-state index < -0.39 is 0 Å². The third kappa shape index (κ3) is 3.95. The van der Waals surface area contributed by atoms with Gasteiger partial charge < -0.3 is 20.4 Å². The van der Waals surface area contributed by atoms with Gasteiger partial charge in [0, 0.05) is 0 Å². The highest BCUT2D eigenvalue weighted by atomic mass is 16.3. The van der Waals surface area contributed by atoms with E-state index in [9.17, 15) is 20.4 Å². The van der Waals surface area contributed by atoms with E-state index in [1.165, 1.54) is 0 Å². The second-order valence-electron chi connectivity index (χ2n) is 8.49. The molecule has 2 saturated carbocycles. The molecule has 0 aliphatic heterocycles. The minimum atomic E-state index is -0.203. The van der Waals surface area contributed by atoms with Crippen LogP contribution < -0.4 is 0 Å². The summed E-state index contributed by atoms with van der Waals surface area (Å²) in [4.78, 5) is 0. The van der Waals surface area contributed by atoms with Gasteiger partial charge in [0.2, 0.25) is 0 Å². The molecule has 2 fully saturated rings. The molecule has 2 aliphatic rings. The predicted molar refractivity (Wildman–Crippen MR) is 97.5 cm³/mol. The normalized spacial score (nSPS) is 37.6. The molecule has 2 aliphatic carbocycles. The number of benzene rings is 1. The highest BCUT2D eigenvalue weighted by molar-refractivity contribution is 5.42. The number of aliphatic hydroxyl groups is 2. The first-order chi connectivity index (χ1) is 11.9. The number of hydrogen-bond donors (Lipinski definition) is 4. The van der Waals surface area contributed by atoms with Crippen molar-refractivity contribution in [3.63, 3.8) is 0 Å². The summed E-state index contributed by atoms with van der Waals surface area (Å²) in [6.45, 7) is 4.45. The molecule has 0 saturated heterocycles. The summed E-state index contributed by atoms with van der Waals surface area (Å²) in [5.41, 5.74) is 1.08. The van der Waals surface area contributed by atoms with E-state index in [4.69, 9.17) is 0 Å². The van der Waals surface area contributed by atoms with Gasteiger partial charge in [-0.3, -0.25) is 0 Å².